The van der Waals surface area contributed by atoms with Crippen molar-refractivity contribution in [2.75, 3.05) is 6.54 Å². The summed E-state index contributed by atoms with van der Waals surface area (Å²) in [5, 5.41) is 2.37. The Morgan fingerprint density at radius 1 is 0.880 bits per heavy atom. The lowest BCUT2D eigenvalue weighted by Crippen LogP contribution is -2.35. The first-order chi connectivity index (χ1) is 12.1. The van der Waals surface area contributed by atoms with E-state index in [1.807, 2.05) is 36.4 Å². The van der Waals surface area contributed by atoms with E-state index < -0.39 is 0 Å². The molecular formula is C23H25NO. The van der Waals surface area contributed by atoms with Crippen LogP contribution in [0.2, 0.25) is 0 Å². The van der Waals surface area contributed by atoms with Crippen molar-refractivity contribution in [3.8, 4) is 0 Å². The number of hydrogen-bond donors (Lipinski definition) is 0. The monoisotopic (exact) mass is 331 g/mol. The highest BCUT2D eigenvalue weighted by atomic mass is 16.1. The second-order valence-electron chi connectivity index (χ2n) is 6.84. The quantitative estimate of drug-likeness (QED) is 0.616. The summed E-state index contributed by atoms with van der Waals surface area (Å²) in [5.74, 6) is 0.265. The Balaban J connectivity index is 1.71. The summed E-state index contributed by atoms with van der Waals surface area (Å²) in [6.07, 6.45) is 0.485. The second-order valence-corrected chi connectivity index (χ2v) is 6.84. The summed E-state index contributed by atoms with van der Waals surface area (Å²) in [6, 6.07) is 25.1. The summed E-state index contributed by atoms with van der Waals surface area (Å²) in [6.45, 7) is 5.58. The molecule has 25 heavy (non-hydrogen) atoms. The summed E-state index contributed by atoms with van der Waals surface area (Å²) in [7, 11) is 0. The molecule has 0 radical (unpaired) electrons. The number of fused-ring (bicyclic) bond motifs is 1. The van der Waals surface area contributed by atoms with E-state index in [0.29, 0.717) is 19.0 Å². The lowest BCUT2D eigenvalue weighted by Gasteiger charge is -2.26. The fourth-order valence-electron chi connectivity index (χ4n) is 3.18. The Morgan fingerprint density at radius 3 is 2.32 bits per heavy atom. The van der Waals surface area contributed by atoms with Crippen LogP contribution in [0.3, 0.4) is 0 Å². The molecule has 0 saturated heterocycles. The summed E-state index contributed by atoms with van der Waals surface area (Å²) < 4.78 is 0. The molecule has 0 N–H and O–H groups in total. The van der Waals surface area contributed by atoms with Gasteiger partial charge in [-0.25, -0.2) is 0 Å². The largest absolute Gasteiger partial charge is 0.298 e. The SMILES string of the molecule is CC(C)N(CC(=O)Cc1cccc2ccccc12)Cc1ccccc1. The molecule has 0 fully saturated rings. The van der Waals surface area contributed by atoms with Gasteiger partial charge in [-0.15, -0.1) is 0 Å². The van der Waals surface area contributed by atoms with Crippen molar-refractivity contribution in [1.29, 1.82) is 0 Å². The van der Waals surface area contributed by atoms with Gasteiger partial charge >= 0.3 is 0 Å². The third-order valence-electron chi connectivity index (χ3n) is 4.61. The molecule has 2 nitrogen and oxygen atoms in total. The van der Waals surface area contributed by atoms with Gasteiger partial charge in [0.25, 0.3) is 0 Å². The van der Waals surface area contributed by atoms with Crippen molar-refractivity contribution in [1.82, 2.24) is 4.90 Å². The maximum Gasteiger partial charge on any atom is 0.151 e. The number of carbonyl (C=O) groups is 1. The maximum atomic E-state index is 12.7. The van der Waals surface area contributed by atoms with Gasteiger partial charge in [-0.3, -0.25) is 9.69 Å². The first-order valence-electron chi connectivity index (χ1n) is 8.90. The number of Topliss-reactive ketones (excluding diaryl/α,β-unsaturated/α-hetero) is 1. The third kappa shape index (κ3) is 4.55. The lowest BCUT2D eigenvalue weighted by molar-refractivity contribution is -0.120. The van der Waals surface area contributed by atoms with Gasteiger partial charge in [-0.2, -0.15) is 0 Å². The van der Waals surface area contributed by atoms with Crippen LogP contribution in [0.25, 0.3) is 10.8 Å². The van der Waals surface area contributed by atoms with Crippen molar-refractivity contribution in [3.63, 3.8) is 0 Å². The minimum absolute atomic E-state index is 0.265. The van der Waals surface area contributed by atoms with Gasteiger partial charge in [0.05, 0.1) is 6.54 Å². The fourth-order valence-corrected chi connectivity index (χ4v) is 3.18. The molecule has 0 bridgehead atoms. The summed E-state index contributed by atoms with van der Waals surface area (Å²) in [5.41, 5.74) is 2.36. The number of nitrogens with zero attached hydrogens (tertiary/aromatic N) is 1. The van der Waals surface area contributed by atoms with Gasteiger partial charge in [0.1, 0.15) is 0 Å². The van der Waals surface area contributed by atoms with Crippen LogP contribution in [0, 0.1) is 0 Å². The molecule has 3 rings (SSSR count). The predicted octanol–water partition coefficient (Wildman–Crippen LogP) is 4.86. The number of ketones is 1. The normalized spacial score (nSPS) is 11.4. The van der Waals surface area contributed by atoms with E-state index in [4.69, 9.17) is 0 Å². The third-order valence-corrected chi connectivity index (χ3v) is 4.61. The zero-order valence-corrected chi connectivity index (χ0v) is 15.0. The van der Waals surface area contributed by atoms with Crippen LogP contribution in [0.1, 0.15) is 25.0 Å². The van der Waals surface area contributed by atoms with E-state index in [-0.39, 0.29) is 5.78 Å². The van der Waals surface area contributed by atoms with Crippen LogP contribution < -0.4 is 0 Å². The molecule has 2 heteroatoms. The number of benzene rings is 3. The Labute approximate surface area is 150 Å². The molecule has 0 amide bonds. The van der Waals surface area contributed by atoms with Gasteiger partial charge in [0.15, 0.2) is 5.78 Å². The Morgan fingerprint density at radius 2 is 1.56 bits per heavy atom. The van der Waals surface area contributed by atoms with Crippen molar-refractivity contribution < 1.29 is 4.79 Å². The predicted molar refractivity (Wildman–Crippen MR) is 105 cm³/mol. The van der Waals surface area contributed by atoms with Crippen molar-refractivity contribution >= 4 is 16.6 Å². The maximum absolute atomic E-state index is 12.7. The number of carbonyl (C=O) groups excluding carboxylic acids is 1. The molecular weight excluding hydrogens is 306 g/mol. The first-order valence-corrected chi connectivity index (χ1v) is 8.90. The highest BCUT2D eigenvalue weighted by Gasteiger charge is 2.15. The average Bonchev–Trinajstić information content (AvgIpc) is 2.62. The van der Waals surface area contributed by atoms with E-state index in [9.17, 15) is 4.79 Å². The zero-order chi connectivity index (χ0) is 17.6. The highest BCUT2D eigenvalue weighted by molar-refractivity contribution is 5.91. The van der Waals surface area contributed by atoms with Crippen LogP contribution in [0.5, 0.6) is 0 Å². The van der Waals surface area contributed by atoms with E-state index in [2.05, 4.69) is 55.1 Å². The molecule has 0 heterocycles. The van der Waals surface area contributed by atoms with Gasteiger partial charge in [-0.05, 0) is 35.7 Å². The molecule has 0 unspecified atom stereocenters. The van der Waals surface area contributed by atoms with Gasteiger partial charge in [0, 0.05) is 19.0 Å². The Kier molecular flexibility index (Phi) is 5.62. The Bertz CT molecular complexity index is 834. The van der Waals surface area contributed by atoms with E-state index in [1.54, 1.807) is 0 Å². The topological polar surface area (TPSA) is 20.3 Å². The molecule has 3 aromatic carbocycles. The molecule has 0 aliphatic rings. The van der Waals surface area contributed by atoms with Gasteiger partial charge in [-0.1, -0.05) is 72.8 Å². The van der Waals surface area contributed by atoms with Crippen LogP contribution in [-0.4, -0.2) is 23.3 Å². The van der Waals surface area contributed by atoms with Crippen LogP contribution in [0.4, 0.5) is 0 Å². The lowest BCUT2D eigenvalue weighted by atomic mass is 10.00. The van der Waals surface area contributed by atoms with Crippen molar-refractivity contribution in [2.24, 2.45) is 0 Å². The second kappa shape index (κ2) is 8.09. The standard InChI is InChI=1S/C23H25NO/c1-18(2)24(16-19-9-4-3-5-10-19)17-22(25)15-21-13-8-12-20-11-6-7-14-23(20)21/h3-14,18H,15-17H2,1-2H3. The number of rotatable bonds is 7. The average molecular weight is 331 g/mol. The molecule has 0 aliphatic carbocycles. The molecule has 0 atom stereocenters. The fraction of sp³-hybridized carbons (Fsp3) is 0.261. The number of hydrogen-bond acceptors (Lipinski definition) is 2. The van der Waals surface area contributed by atoms with E-state index >= 15 is 0 Å². The van der Waals surface area contributed by atoms with E-state index in [0.717, 1.165) is 12.1 Å². The van der Waals surface area contributed by atoms with Crippen molar-refractivity contribution in [3.05, 3.63) is 83.9 Å². The Hall–Kier alpha value is -2.45. The molecule has 3 aromatic rings. The van der Waals surface area contributed by atoms with Crippen LogP contribution in [0.15, 0.2) is 72.8 Å². The molecule has 0 aliphatic heterocycles. The smallest absolute Gasteiger partial charge is 0.151 e. The van der Waals surface area contributed by atoms with Crippen molar-refractivity contribution in [2.45, 2.75) is 32.9 Å². The van der Waals surface area contributed by atoms with Gasteiger partial charge in [0.2, 0.25) is 0 Å². The minimum Gasteiger partial charge on any atom is -0.298 e. The molecule has 0 spiro atoms. The van der Waals surface area contributed by atoms with E-state index in [1.165, 1.54) is 16.3 Å². The summed E-state index contributed by atoms with van der Waals surface area (Å²) >= 11 is 0. The minimum atomic E-state index is 0.265. The molecule has 0 aromatic heterocycles. The van der Waals surface area contributed by atoms with Crippen LogP contribution in [-0.2, 0) is 17.8 Å². The van der Waals surface area contributed by atoms with Crippen LogP contribution >= 0.6 is 0 Å². The zero-order valence-electron chi connectivity index (χ0n) is 15.0. The molecule has 128 valence electrons. The van der Waals surface area contributed by atoms with Gasteiger partial charge < -0.3 is 0 Å². The molecule has 0 saturated carbocycles. The first kappa shape index (κ1) is 17.4. The summed E-state index contributed by atoms with van der Waals surface area (Å²) in [4.78, 5) is 15.0. The highest BCUT2D eigenvalue weighted by Crippen LogP contribution is 2.19.